The highest BCUT2D eigenvalue weighted by Crippen LogP contribution is 2.26. The van der Waals surface area contributed by atoms with Crippen LogP contribution in [0, 0.1) is 12.7 Å². The van der Waals surface area contributed by atoms with Gasteiger partial charge in [0.25, 0.3) is 0 Å². The van der Waals surface area contributed by atoms with Gasteiger partial charge < -0.3 is 9.67 Å². The minimum Gasteiger partial charge on any atom is -0.478 e. The van der Waals surface area contributed by atoms with Gasteiger partial charge >= 0.3 is 5.97 Å². The van der Waals surface area contributed by atoms with E-state index in [4.69, 9.17) is 0 Å². The number of aromatic nitrogens is 1. The van der Waals surface area contributed by atoms with Gasteiger partial charge in [-0.25, -0.2) is 9.18 Å². The Morgan fingerprint density at radius 2 is 1.95 bits per heavy atom. The second-order valence-corrected chi connectivity index (χ2v) is 4.49. The molecule has 1 heterocycles. The van der Waals surface area contributed by atoms with Crippen LogP contribution < -0.4 is 0 Å². The summed E-state index contributed by atoms with van der Waals surface area (Å²) in [5.41, 5.74) is 2.67. The van der Waals surface area contributed by atoms with Crippen molar-refractivity contribution >= 4 is 5.97 Å². The molecule has 1 N–H and O–H groups in total. The summed E-state index contributed by atoms with van der Waals surface area (Å²) in [6.45, 7) is 4.58. The Morgan fingerprint density at radius 1 is 1.32 bits per heavy atom. The van der Waals surface area contributed by atoms with E-state index in [2.05, 4.69) is 0 Å². The van der Waals surface area contributed by atoms with Crippen molar-refractivity contribution in [2.45, 2.75) is 26.8 Å². The number of hydrogen-bond donors (Lipinski definition) is 1. The Kier molecular flexibility index (Phi) is 3.69. The Labute approximate surface area is 111 Å². The number of rotatable bonds is 4. The number of benzene rings is 1. The topological polar surface area (TPSA) is 42.2 Å². The normalized spacial score (nSPS) is 10.7. The van der Waals surface area contributed by atoms with Gasteiger partial charge in [-0.05, 0) is 49.2 Å². The molecule has 100 valence electrons. The molecule has 0 unspecified atom stereocenters. The quantitative estimate of drug-likeness (QED) is 0.911. The van der Waals surface area contributed by atoms with Gasteiger partial charge in [0, 0.05) is 17.9 Å². The zero-order valence-corrected chi connectivity index (χ0v) is 11.0. The molecule has 3 nitrogen and oxygen atoms in total. The molecule has 0 spiro atoms. The summed E-state index contributed by atoms with van der Waals surface area (Å²) in [4.78, 5) is 11.2. The molecule has 0 radical (unpaired) electrons. The predicted octanol–water partition coefficient (Wildman–Crippen LogP) is 3.71. The van der Waals surface area contributed by atoms with Crippen LogP contribution in [0.5, 0.6) is 0 Å². The third-order valence-electron chi connectivity index (χ3n) is 3.18. The van der Waals surface area contributed by atoms with E-state index < -0.39 is 5.97 Å². The zero-order valence-electron chi connectivity index (χ0n) is 11.0. The van der Waals surface area contributed by atoms with Gasteiger partial charge in [0.05, 0.1) is 5.56 Å². The van der Waals surface area contributed by atoms with Crippen molar-refractivity contribution in [3.8, 4) is 11.3 Å². The van der Waals surface area contributed by atoms with Gasteiger partial charge in [0.15, 0.2) is 0 Å². The van der Waals surface area contributed by atoms with E-state index in [1.54, 1.807) is 25.1 Å². The molecule has 0 saturated heterocycles. The number of halogens is 1. The number of hydrogen-bond acceptors (Lipinski definition) is 1. The fourth-order valence-electron chi connectivity index (χ4n) is 2.23. The summed E-state index contributed by atoms with van der Waals surface area (Å²) in [5, 5.41) is 9.19. The second kappa shape index (κ2) is 5.26. The maximum atomic E-state index is 13.0. The van der Waals surface area contributed by atoms with Gasteiger partial charge in [0.1, 0.15) is 5.82 Å². The number of carboxylic acids is 1. The molecule has 4 heteroatoms. The summed E-state index contributed by atoms with van der Waals surface area (Å²) >= 11 is 0. The smallest absolute Gasteiger partial charge is 0.337 e. The average Bonchev–Trinajstić information content (AvgIpc) is 2.69. The van der Waals surface area contributed by atoms with Gasteiger partial charge in [-0.3, -0.25) is 0 Å². The molecule has 0 bridgehead atoms. The first-order chi connectivity index (χ1) is 9.04. The minimum absolute atomic E-state index is 0.299. The van der Waals surface area contributed by atoms with Crippen molar-refractivity contribution in [3.63, 3.8) is 0 Å². The molecule has 0 atom stereocenters. The van der Waals surface area contributed by atoms with Crippen molar-refractivity contribution < 1.29 is 14.3 Å². The summed E-state index contributed by atoms with van der Waals surface area (Å²) in [6.07, 6.45) is 0.906. The van der Waals surface area contributed by atoms with E-state index in [1.807, 2.05) is 11.5 Å². The van der Waals surface area contributed by atoms with Gasteiger partial charge in [0.2, 0.25) is 0 Å². The Morgan fingerprint density at radius 3 is 2.47 bits per heavy atom. The highest BCUT2D eigenvalue weighted by Gasteiger charge is 2.17. The molecule has 0 aliphatic carbocycles. The summed E-state index contributed by atoms with van der Waals surface area (Å²) in [5.74, 6) is -1.23. The lowest BCUT2D eigenvalue weighted by atomic mass is 10.1. The Bertz CT molecular complexity index is 599. The lowest BCUT2D eigenvalue weighted by Gasteiger charge is -2.10. The van der Waals surface area contributed by atoms with Crippen LogP contribution in [0.1, 0.15) is 29.4 Å². The van der Waals surface area contributed by atoms with Crippen LogP contribution in [0.4, 0.5) is 4.39 Å². The maximum Gasteiger partial charge on any atom is 0.337 e. The molecule has 1 aromatic carbocycles. The number of aromatic carboxylic acids is 1. The first-order valence-corrected chi connectivity index (χ1v) is 6.24. The number of carboxylic acid groups (broad SMARTS) is 1. The van der Waals surface area contributed by atoms with Crippen molar-refractivity contribution in [1.29, 1.82) is 0 Å². The molecule has 2 rings (SSSR count). The van der Waals surface area contributed by atoms with Gasteiger partial charge in [-0.1, -0.05) is 6.92 Å². The predicted molar refractivity (Wildman–Crippen MR) is 71.8 cm³/mol. The average molecular weight is 261 g/mol. The van der Waals surface area contributed by atoms with Crippen molar-refractivity contribution in [3.05, 3.63) is 47.4 Å². The molecule has 2 aromatic rings. The Balaban J connectivity index is 2.58. The van der Waals surface area contributed by atoms with E-state index in [0.29, 0.717) is 5.56 Å². The van der Waals surface area contributed by atoms with Gasteiger partial charge in [-0.15, -0.1) is 0 Å². The van der Waals surface area contributed by atoms with Crippen LogP contribution in [0.2, 0.25) is 0 Å². The molecule has 0 saturated carbocycles. The minimum atomic E-state index is -0.935. The molecule has 0 fully saturated rings. The van der Waals surface area contributed by atoms with Crippen molar-refractivity contribution in [2.75, 3.05) is 0 Å². The van der Waals surface area contributed by atoms with Crippen LogP contribution >= 0.6 is 0 Å². The highest BCUT2D eigenvalue weighted by molar-refractivity contribution is 5.91. The summed E-state index contributed by atoms with van der Waals surface area (Å²) < 4.78 is 14.9. The highest BCUT2D eigenvalue weighted by atomic mass is 19.1. The number of nitrogens with zero attached hydrogens (tertiary/aromatic N) is 1. The van der Waals surface area contributed by atoms with Crippen LogP contribution in [-0.2, 0) is 6.54 Å². The fourth-order valence-corrected chi connectivity index (χ4v) is 2.23. The summed E-state index contributed by atoms with van der Waals surface area (Å²) in [7, 11) is 0. The fraction of sp³-hybridized carbons (Fsp3) is 0.267. The standard InChI is InChI=1S/C15H16FNO2/c1-3-8-17-10(2)13(15(18)19)9-14(17)11-4-6-12(16)7-5-11/h4-7,9H,3,8H2,1-2H3,(H,18,19). The maximum absolute atomic E-state index is 13.0. The third-order valence-corrected chi connectivity index (χ3v) is 3.18. The van der Waals surface area contributed by atoms with E-state index >= 15 is 0 Å². The first kappa shape index (κ1) is 13.3. The Hall–Kier alpha value is -2.10. The molecule has 0 aliphatic rings. The first-order valence-electron chi connectivity index (χ1n) is 6.24. The van der Waals surface area contributed by atoms with E-state index in [1.165, 1.54) is 12.1 Å². The molecular weight excluding hydrogens is 245 g/mol. The van der Waals surface area contributed by atoms with Crippen molar-refractivity contribution in [1.82, 2.24) is 4.57 Å². The number of carbonyl (C=O) groups is 1. The molecule has 19 heavy (non-hydrogen) atoms. The molecular formula is C15H16FNO2. The third kappa shape index (κ3) is 2.52. The van der Waals surface area contributed by atoms with Crippen molar-refractivity contribution in [2.24, 2.45) is 0 Å². The van der Waals surface area contributed by atoms with E-state index in [9.17, 15) is 14.3 Å². The molecule has 0 aliphatic heterocycles. The van der Waals surface area contributed by atoms with Crippen LogP contribution in [0.25, 0.3) is 11.3 Å². The van der Waals surface area contributed by atoms with E-state index in [-0.39, 0.29) is 5.82 Å². The monoisotopic (exact) mass is 261 g/mol. The second-order valence-electron chi connectivity index (χ2n) is 4.49. The van der Waals surface area contributed by atoms with E-state index in [0.717, 1.165) is 29.9 Å². The zero-order chi connectivity index (χ0) is 14.0. The molecule has 0 amide bonds. The van der Waals surface area contributed by atoms with Gasteiger partial charge in [-0.2, -0.15) is 0 Å². The SMILES string of the molecule is CCCn1c(-c2ccc(F)cc2)cc(C(=O)O)c1C. The largest absolute Gasteiger partial charge is 0.478 e. The van der Waals surface area contributed by atoms with Crippen LogP contribution in [0.3, 0.4) is 0 Å². The lowest BCUT2D eigenvalue weighted by molar-refractivity contribution is 0.0696. The van der Waals surface area contributed by atoms with Crippen LogP contribution in [0.15, 0.2) is 30.3 Å². The lowest BCUT2D eigenvalue weighted by Crippen LogP contribution is -2.04. The summed E-state index contributed by atoms with van der Waals surface area (Å²) in [6, 6.07) is 7.76. The molecule has 1 aromatic heterocycles. The van der Waals surface area contributed by atoms with Crippen LogP contribution in [-0.4, -0.2) is 15.6 Å².